The van der Waals surface area contributed by atoms with Crippen molar-refractivity contribution in [3.63, 3.8) is 0 Å². The molecule has 1 heterocycles. The Hall–Kier alpha value is -1.55. The van der Waals surface area contributed by atoms with Crippen LogP contribution in [0.3, 0.4) is 0 Å². The van der Waals surface area contributed by atoms with Crippen LogP contribution in [0.5, 0.6) is 0 Å². The number of aliphatic hydroxyl groups excluding tert-OH is 1. The molecule has 104 valence electrons. The second kappa shape index (κ2) is 5.44. The molecule has 2 aromatic carbocycles. The van der Waals surface area contributed by atoms with Crippen molar-refractivity contribution >= 4 is 17.3 Å². The van der Waals surface area contributed by atoms with Crippen LogP contribution in [0.2, 0.25) is 5.02 Å². The zero-order valence-corrected chi connectivity index (χ0v) is 11.7. The number of rotatable bonds is 3. The van der Waals surface area contributed by atoms with Crippen LogP contribution in [0.4, 0.5) is 5.69 Å². The minimum absolute atomic E-state index is 0.0351. The van der Waals surface area contributed by atoms with E-state index in [-0.39, 0.29) is 6.61 Å². The molecule has 0 aliphatic carbocycles. The first-order valence-electron chi connectivity index (χ1n) is 6.54. The van der Waals surface area contributed by atoms with Gasteiger partial charge in [0.15, 0.2) is 0 Å². The Balaban J connectivity index is 1.98. The van der Waals surface area contributed by atoms with E-state index in [2.05, 4.69) is 5.32 Å². The Morgan fingerprint density at radius 3 is 2.65 bits per heavy atom. The monoisotopic (exact) mass is 289 g/mol. The molecule has 0 spiro atoms. The highest BCUT2D eigenvalue weighted by Crippen LogP contribution is 2.33. The first-order valence-corrected chi connectivity index (χ1v) is 6.92. The number of fused-ring (bicyclic) bond motifs is 1. The first-order chi connectivity index (χ1) is 9.73. The summed E-state index contributed by atoms with van der Waals surface area (Å²) in [5, 5.41) is 14.0. The molecule has 2 N–H and O–H groups in total. The zero-order valence-electron chi connectivity index (χ0n) is 11.0. The topological polar surface area (TPSA) is 41.5 Å². The van der Waals surface area contributed by atoms with Crippen molar-refractivity contribution in [2.75, 3.05) is 18.5 Å². The molecule has 4 heteroatoms. The van der Waals surface area contributed by atoms with Gasteiger partial charge < -0.3 is 15.2 Å². The third-order valence-corrected chi connectivity index (χ3v) is 3.89. The van der Waals surface area contributed by atoms with Gasteiger partial charge in [-0.1, -0.05) is 35.9 Å². The van der Waals surface area contributed by atoms with Crippen molar-refractivity contribution in [2.24, 2.45) is 0 Å². The van der Waals surface area contributed by atoms with Crippen LogP contribution < -0.4 is 5.32 Å². The quantitative estimate of drug-likeness (QED) is 0.912. The van der Waals surface area contributed by atoms with Gasteiger partial charge in [0.25, 0.3) is 0 Å². The van der Waals surface area contributed by atoms with Crippen LogP contribution in [-0.4, -0.2) is 18.3 Å². The lowest BCUT2D eigenvalue weighted by atomic mass is 9.85. The van der Waals surface area contributed by atoms with Gasteiger partial charge in [-0.15, -0.1) is 0 Å². The van der Waals surface area contributed by atoms with Gasteiger partial charge in [0.05, 0.1) is 19.8 Å². The highest BCUT2D eigenvalue weighted by molar-refractivity contribution is 6.30. The van der Waals surface area contributed by atoms with Crippen LogP contribution in [0.1, 0.15) is 11.1 Å². The number of anilines is 1. The van der Waals surface area contributed by atoms with E-state index in [1.165, 1.54) is 0 Å². The van der Waals surface area contributed by atoms with Crippen molar-refractivity contribution in [3.8, 4) is 0 Å². The average Bonchev–Trinajstić information content (AvgIpc) is 2.50. The molecule has 1 aliphatic rings. The van der Waals surface area contributed by atoms with Crippen LogP contribution in [0, 0.1) is 0 Å². The van der Waals surface area contributed by atoms with E-state index in [1.807, 2.05) is 48.5 Å². The smallest absolute Gasteiger partial charge is 0.110 e. The molecule has 20 heavy (non-hydrogen) atoms. The summed E-state index contributed by atoms with van der Waals surface area (Å²) < 4.78 is 5.65. The lowest BCUT2D eigenvalue weighted by Crippen LogP contribution is -2.46. The van der Waals surface area contributed by atoms with Gasteiger partial charge in [-0.25, -0.2) is 0 Å². The third kappa shape index (κ3) is 2.40. The molecule has 3 nitrogen and oxygen atoms in total. The van der Waals surface area contributed by atoms with Gasteiger partial charge in [-0.05, 0) is 35.4 Å². The average molecular weight is 290 g/mol. The molecular formula is C16H16ClNO2. The molecule has 0 saturated carbocycles. The molecular weight excluding hydrogens is 274 g/mol. The largest absolute Gasteiger partial charge is 0.393 e. The van der Waals surface area contributed by atoms with Crippen LogP contribution in [0.25, 0.3) is 0 Å². The standard InChI is InChI=1S/C16H16ClNO2/c17-13-5-7-14(8-6-13)18-16(10-19)11-20-9-12-3-1-2-4-15(12)16/h1-8,18-19H,9-11H2. The van der Waals surface area contributed by atoms with Gasteiger partial charge in [0.2, 0.25) is 0 Å². The van der Waals surface area contributed by atoms with E-state index < -0.39 is 5.54 Å². The Morgan fingerprint density at radius 1 is 1.15 bits per heavy atom. The molecule has 1 aliphatic heterocycles. The van der Waals surface area contributed by atoms with Crippen molar-refractivity contribution in [2.45, 2.75) is 12.1 Å². The van der Waals surface area contributed by atoms with Gasteiger partial charge in [0.1, 0.15) is 5.54 Å². The first kappa shape index (κ1) is 13.4. The number of hydrogen-bond donors (Lipinski definition) is 2. The molecule has 3 rings (SSSR count). The number of nitrogens with one attached hydrogen (secondary N) is 1. The van der Waals surface area contributed by atoms with Crippen molar-refractivity contribution < 1.29 is 9.84 Å². The molecule has 0 saturated heterocycles. The minimum Gasteiger partial charge on any atom is -0.393 e. The van der Waals surface area contributed by atoms with Crippen molar-refractivity contribution in [1.29, 1.82) is 0 Å². The molecule has 0 bridgehead atoms. The SMILES string of the molecule is OCC1(Nc2ccc(Cl)cc2)COCc2ccccc21. The minimum atomic E-state index is -0.608. The maximum atomic E-state index is 9.94. The van der Waals surface area contributed by atoms with Gasteiger partial charge in [0, 0.05) is 10.7 Å². The summed E-state index contributed by atoms with van der Waals surface area (Å²) in [5.41, 5.74) is 2.49. The van der Waals surface area contributed by atoms with Crippen LogP contribution in [-0.2, 0) is 16.9 Å². The van der Waals surface area contributed by atoms with Crippen molar-refractivity contribution in [3.05, 3.63) is 64.7 Å². The molecule has 2 aromatic rings. The molecule has 0 aromatic heterocycles. The maximum absolute atomic E-state index is 9.94. The van der Waals surface area contributed by atoms with E-state index in [4.69, 9.17) is 16.3 Å². The summed E-state index contributed by atoms with van der Waals surface area (Å²) in [6.45, 7) is 0.982. The summed E-state index contributed by atoms with van der Waals surface area (Å²) in [7, 11) is 0. The molecule has 0 radical (unpaired) electrons. The van der Waals surface area contributed by atoms with Gasteiger partial charge >= 0.3 is 0 Å². The summed E-state index contributed by atoms with van der Waals surface area (Å²) in [5.74, 6) is 0. The zero-order chi connectivity index (χ0) is 14.0. The summed E-state index contributed by atoms with van der Waals surface area (Å²) >= 11 is 5.90. The normalized spacial score (nSPS) is 21.3. The summed E-state index contributed by atoms with van der Waals surface area (Å²) in [4.78, 5) is 0. The Labute approximate surface area is 123 Å². The summed E-state index contributed by atoms with van der Waals surface area (Å²) in [6, 6.07) is 15.5. The third-order valence-electron chi connectivity index (χ3n) is 3.64. The van der Waals surface area contributed by atoms with E-state index in [9.17, 15) is 5.11 Å². The second-order valence-corrected chi connectivity index (χ2v) is 5.46. The number of aliphatic hydroxyl groups is 1. The number of hydrogen-bond acceptors (Lipinski definition) is 3. The maximum Gasteiger partial charge on any atom is 0.110 e. The highest BCUT2D eigenvalue weighted by atomic mass is 35.5. The van der Waals surface area contributed by atoms with E-state index >= 15 is 0 Å². The van der Waals surface area contributed by atoms with Crippen molar-refractivity contribution in [1.82, 2.24) is 0 Å². The molecule has 0 amide bonds. The predicted octanol–water partition coefficient (Wildman–Crippen LogP) is 3.17. The fraction of sp³-hybridized carbons (Fsp3) is 0.250. The van der Waals surface area contributed by atoms with Crippen LogP contribution >= 0.6 is 11.6 Å². The Kier molecular flexibility index (Phi) is 3.66. The number of benzene rings is 2. The Bertz CT molecular complexity index is 600. The highest BCUT2D eigenvalue weighted by Gasteiger charge is 2.36. The predicted molar refractivity (Wildman–Crippen MR) is 79.9 cm³/mol. The molecule has 1 unspecified atom stereocenters. The fourth-order valence-electron chi connectivity index (χ4n) is 2.61. The number of ether oxygens (including phenoxy) is 1. The van der Waals surface area contributed by atoms with E-state index in [0.29, 0.717) is 18.2 Å². The molecule has 0 fully saturated rings. The van der Waals surface area contributed by atoms with E-state index in [1.54, 1.807) is 0 Å². The fourth-order valence-corrected chi connectivity index (χ4v) is 2.74. The molecule has 1 atom stereocenters. The second-order valence-electron chi connectivity index (χ2n) is 5.02. The van der Waals surface area contributed by atoms with Gasteiger partial charge in [-0.3, -0.25) is 0 Å². The van der Waals surface area contributed by atoms with E-state index in [0.717, 1.165) is 16.8 Å². The number of halogens is 1. The lowest BCUT2D eigenvalue weighted by molar-refractivity contribution is 0.0357. The lowest BCUT2D eigenvalue weighted by Gasteiger charge is -2.39. The van der Waals surface area contributed by atoms with Gasteiger partial charge in [-0.2, -0.15) is 0 Å². The Morgan fingerprint density at radius 2 is 1.90 bits per heavy atom. The van der Waals surface area contributed by atoms with Crippen LogP contribution in [0.15, 0.2) is 48.5 Å². The summed E-state index contributed by atoms with van der Waals surface area (Å²) in [6.07, 6.45) is 0.